The van der Waals surface area contributed by atoms with Gasteiger partial charge in [-0.3, -0.25) is 9.97 Å². The van der Waals surface area contributed by atoms with Crippen LogP contribution in [0.3, 0.4) is 0 Å². The predicted octanol–water partition coefficient (Wildman–Crippen LogP) is 4.54. The molecule has 25 heavy (non-hydrogen) atoms. The highest BCUT2D eigenvalue weighted by Crippen LogP contribution is 2.36. The lowest BCUT2D eigenvalue weighted by Gasteiger charge is -2.22. The Morgan fingerprint density at radius 2 is 1.60 bits per heavy atom. The number of pyridine rings is 2. The highest BCUT2D eigenvalue weighted by molar-refractivity contribution is 5.86. The number of anilines is 1. The minimum atomic E-state index is -0.211. The molecule has 2 N–H and O–H groups in total. The molecule has 0 spiro atoms. The molecule has 0 aliphatic heterocycles. The minimum absolute atomic E-state index is 0.198. The van der Waals surface area contributed by atoms with E-state index in [0.29, 0.717) is 5.52 Å². The Labute approximate surface area is 145 Å². The molecule has 122 valence electrons. The van der Waals surface area contributed by atoms with Crippen molar-refractivity contribution in [3.8, 4) is 5.75 Å². The summed E-state index contributed by atoms with van der Waals surface area (Å²) in [6, 6.07) is 21.4. The number of para-hydroxylation sites is 1. The van der Waals surface area contributed by atoms with E-state index in [4.69, 9.17) is 0 Å². The van der Waals surface area contributed by atoms with Gasteiger partial charge in [0.25, 0.3) is 0 Å². The normalized spacial score (nSPS) is 12.0. The number of benzene rings is 2. The first-order valence-corrected chi connectivity index (χ1v) is 8.11. The van der Waals surface area contributed by atoms with Crippen LogP contribution >= 0.6 is 0 Å². The molecule has 0 saturated heterocycles. The number of rotatable bonds is 4. The first kappa shape index (κ1) is 15.1. The van der Waals surface area contributed by atoms with Crippen LogP contribution in [0, 0.1) is 0 Å². The van der Waals surface area contributed by atoms with Crippen LogP contribution in [0.2, 0.25) is 0 Å². The van der Waals surface area contributed by atoms with Gasteiger partial charge in [-0.1, -0.05) is 36.4 Å². The van der Waals surface area contributed by atoms with Gasteiger partial charge in [-0.25, -0.2) is 0 Å². The molecule has 0 amide bonds. The quantitative estimate of drug-likeness (QED) is 0.578. The first-order chi connectivity index (χ1) is 12.3. The van der Waals surface area contributed by atoms with Gasteiger partial charge in [0, 0.05) is 35.2 Å². The van der Waals surface area contributed by atoms with Crippen molar-refractivity contribution >= 4 is 16.6 Å². The van der Waals surface area contributed by atoms with Gasteiger partial charge in [0.2, 0.25) is 0 Å². The standard InChI is InChI=1S/C21H17N3O/c25-21-18(9-8-15-5-4-12-23-20(15)21)19(16-10-13-22-14-11-16)24-17-6-2-1-3-7-17/h1-14,19,24-25H. The maximum atomic E-state index is 10.8. The van der Waals surface area contributed by atoms with E-state index in [1.165, 1.54) is 0 Å². The second-order valence-electron chi connectivity index (χ2n) is 5.80. The number of nitrogens with zero attached hydrogens (tertiary/aromatic N) is 2. The largest absolute Gasteiger partial charge is 0.505 e. The van der Waals surface area contributed by atoms with E-state index in [-0.39, 0.29) is 11.8 Å². The van der Waals surface area contributed by atoms with E-state index in [9.17, 15) is 5.11 Å². The third kappa shape index (κ3) is 3.02. The van der Waals surface area contributed by atoms with Crippen LogP contribution in [0.1, 0.15) is 17.2 Å². The van der Waals surface area contributed by atoms with Crippen LogP contribution in [-0.2, 0) is 0 Å². The number of phenolic OH excluding ortho intramolecular Hbond substituents is 1. The van der Waals surface area contributed by atoms with Gasteiger partial charge in [-0.15, -0.1) is 0 Å². The molecule has 4 nitrogen and oxygen atoms in total. The van der Waals surface area contributed by atoms with Gasteiger partial charge < -0.3 is 10.4 Å². The lowest BCUT2D eigenvalue weighted by Crippen LogP contribution is -2.13. The van der Waals surface area contributed by atoms with Crippen molar-refractivity contribution in [2.45, 2.75) is 6.04 Å². The maximum absolute atomic E-state index is 10.8. The lowest BCUT2D eigenvalue weighted by atomic mass is 9.96. The maximum Gasteiger partial charge on any atom is 0.147 e. The number of phenols is 1. The van der Waals surface area contributed by atoms with E-state index < -0.39 is 0 Å². The molecule has 0 bridgehead atoms. The second kappa shape index (κ2) is 6.61. The number of nitrogens with one attached hydrogen (secondary N) is 1. The Balaban J connectivity index is 1.85. The van der Waals surface area contributed by atoms with Gasteiger partial charge in [0.1, 0.15) is 11.3 Å². The summed E-state index contributed by atoms with van der Waals surface area (Å²) in [6.07, 6.45) is 5.20. The van der Waals surface area contributed by atoms with Crippen molar-refractivity contribution in [3.05, 3.63) is 96.4 Å². The van der Waals surface area contributed by atoms with Crippen molar-refractivity contribution in [2.24, 2.45) is 0 Å². The molecule has 2 heterocycles. The number of aromatic nitrogens is 2. The minimum Gasteiger partial charge on any atom is -0.505 e. The summed E-state index contributed by atoms with van der Waals surface area (Å²) in [4.78, 5) is 8.43. The van der Waals surface area contributed by atoms with Crippen molar-refractivity contribution < 1.29 is 5.11 Å². The summed E-state index contributed by atoms with van der Waals surface area (Å²) < 4.78 is 0. The molecule has 0 aliphatic rings. The summed E-state index contributed by atoms with van der Waals surface area (Å²) >= 11 is 0. The summed E-state index contributed by atoms with van der Waals surface area (Å²) in [5.74, 6) is 0.198. The molecule has 4 rings (SSSR count). The molecule has 0 fully saturated rings. The Hall–Kier alpha value is -3.40. The van der Waals surface area contributed by atoms with Crippen LogP contribution in [0.4, 0.5) is 5.69 Å². The van der Waals surface area contributed by atoms with Crippen LogP contribution in [0.25, 0.3) is 10.9 Å². The molecule has 0 aliphatic carbocycles. The van der Waals surface area contributed by atoms with E-state index in [1.807, 2.05) is 66.7 Å². The van der Waals surface area contributed by atoms with Gasteiger partial charge >= 0.3 is 0 Å². The predicted molar refractivity (Wildman–Crippen MR) is 99.6 cm³/mol. The van der Waals surface area contributed by atoms with Crippen molar-refractivity contribution in [3.63, 3.8) is 0 Å². The Morgan fingerprint density at radius 1 is 0.800 bits per heavy atom. The molecule has 4 aromatic rings. The summed E-state index contributed by atoms with van der Waals surface area (Å²) in [7, 11) is 0. The zero-order valence-electron chi connectivity index (χ0n) is 13.5. The van der Waals surface area contributed by atoms with Gasteiger partial charge in [-0.05, 0) is 35.9 Å². The first-order valence-electron chi connectivity index (χ1n) is 8.11. The molecule has 4 heteroatoms. The van der Waals surface area contributed by atoms with Crippen molar-refractivity contribution in [1.29, 1.82) is 0 Å². The molecule has 1 atom stereocenters. The number of hydrogen-bond donors (Lipinski definition) is 2. The Kier molecular flexibility index (Phi) is 4.01. The highest BCUT2D eigenvalue weighted by Gasteiger charge is 2.19. The fraction of sp³-hybridized carbons (Fsp3) is 0.0476. The lowest BCUT2D eigenvalue weighted by molar-refractivity contribution is 0.472. The van der Waals surface area contributed by atoms with Crippen molar-refractivity contribution in [1.82, 2.24) is 9.97 Å². The Bertz CT molecular complexity index is 988. The molecule has 0 radical (unpaired) electrons. The van der Waals surface area contributed by atoms with Gasteiger partial charge in [0.15, 0.2) is 0 Å². The third-order valence-corrected chi connectivity index (χ3v) is 4.21. The van der Waals surface area contributed by atoms with Crippen molar-refractivity contribution in [2.75, 3.05) is 5.32 Å². The van der Waals surface area contributed by atoms with Crippen LogP contribution < -0.4 is 5.32 Å². The van der Waals surface area contributed by atoms with Gasteiger partial charge in [0.05, 0.1) is 6.04 Å². The summed E-state index contributed by atoms with van der Waals surface area (Å²) in [5.41, 5.74) is 3.38. The second-order valence-corrected chi connectivity index (χ2v) is 5.80. The Morgan fingerprint density at radius 3 is 2.40 bits per heavy atom. The number of hydrogen-bond acceptors (Lipinski definition) is 4. The van der Waals surface area contributed by atoms with Crippen LogP contribution in [0.5, 0.6) is 5.75 Å². The molecule has 2 aromatic carbocycles. The highest BCUT2D eigenvalue weighted by atomic mass is 16.3. The zero-order valence-corrected chi connectivity index (χ0v) is 13.5. The molecular weight excluding hydrogens is 310 g/mol. The monoisotopic (exact) mass is 327 g/mol. The molecule has 1 unspecified atom stereocenters. The fourth-order valence-electron chi connectivity index (χ4n) is 2.98. The number of aromatic hydroxyl groups is 1. The van der Waals surface area contributed by atoms with E-state index in [0.717, 1.165) is 22.2 Å². The summed E-state index contributed by atoms with van der Waals surface area (Å²) in [6.45, 7) is 0. The molecular formula is C21H17N3O. The van der Waals surface area contributed by atoms with E-state index in [1.54, 1.807) is 18.6 Å². The van der Waals surface area contributed by atoms with Crippen LogP contribution in [0.15, 0.2) is 85.3 Å². The van der Waals surface area contributed by atoms with Gasteiger partial charge in [-0.2, -0.15) is 0 Å². The number of fused-ring (bicyclic) bond motifs is 1. The van der Waals surface area contributed by atoms with Crippen LogP contribution in [-0.4, -0.2) is 15.1 Å². The smallest absolute Gasteiger partial charge is 0.147 e. The topological polar surface area (TPSA) is 58.0 Å². The van der Waals surface area contributed by atoms with E-state index in [2.05, 4.69) is 15.3 Å². The molecule has 0 saturated carbocycles. The average molecular weight is 327 g/mol. The fourth-order valence-corrected chi connectivity index (χ4v) is 2.98. The third-order valence-electron chi connectivity index (χ3n) is 4.21. The average Bonchev–Trinajstić information content (AvgIpc) is 2.69. The molecule has 2 aromatic heterocycles. The zero-order chi connectivity index (χ0) is 17.1. The SMILES string of the molecule is Oc1c(C(Nc2ccccc2)c2ccncc2)ccc2cccnc12. The van der Waals surface area contributed by atoms with E-state index >= 15 is 0 Å². The summed E-state index contributed by atoms with van der Waals surface area (Å²) in [5, 5.41) is 15.3.